The number of halogens is 2. The Morgan fingerprint density at radius 3 is 2.88 bits per heavy atom. The molecule has 0 saturated heterocycles. The predicted molar refractivity (Wildman–Crippen MR) is 81.8 cm³/mol. The molecule has 5 heteroatoms. The molecule has 0 bridgehead atoms. The van der Waals surface area contributed by atoms with Gasteiger partial charge in [0.2, 0.25) is 0 Å². The lowest BCUT2D eigenvalue weighted by Gasteiger charge is -2.14. The van der Waals surface area contributed by atoms with Crippen molar-refractivity contribution in [2.45, 2.75) is 13.3 Å². The van der Waals surface area contributed by atoms with Crippen molar-refractivity contribution in [3.05, 3.63) is 21.6 Å². The van der Waals surface area contributed by atoms with Crippen molar-refractivity contribution in [3.63, 3.8) is 0 Å². The van der Waals surface area contributed by atoms with Crippen LogP contribution in [0.2, 0.25) is 5.02 Å². The van der Waals surface area contributed by atoms with Crippen LogP contribution in [0.25, 0.3) is 0 Å². The van der Waals surface area contributed by atoms with Crippen LogP contribution in [-0.2, 0) is 0 Å². The molecule has 0 spiro atoms. The van der Waals surface area contributed by atoms with Crippen molar-refractivity contribution in [2.24, 2.45) is 0 Å². The summed E-state index contributed by atoms with van der Waals surface area (Å²) in [5.74, 6) is 1.99. The lowest BCUT2D eigenvalue weighted by atomic mass is 10.3. The zero-order valence-electron chi connectivity index (χ0n) is 10.1. The second-order valence-corrected chi connectivity index (χ2v) is 5.75. The van der Waals surface area contributed by atoms with Gasteiger partial charge in [-0.2, -0.15) is 11.8 Å². The molecule has 0 aliphatic carbocycles. The van der Waals surface area contributed by atoms with Crippen molar-refractivity contribution in [1.82, 2.24) is 0 Å². The predicted octanol–water partition coefficient (Wildman–Crippen LogP) is 4.67. The minimum absolute atomic E-state index is 0.639. The van der Waals surface area contributed by atoms with Crippen molar-refractivity contribution >= 4 is 45.0 Å². The van der Waals surface area contributed by atoms with E-state index >= 15 is 0 Å². The van der Waals surface area contributed by atoms with Crippen LogP contribution >= 0.6 is 39.3 Å². The molecule has 0 aliphatic heterocycles. The van der Waals surface area contributed by atoms with Crippen molar-refractivity contribution in [2.75, 3.05) is 30.5 Å². The molecule has 0 amide bonds. The maximum Gasteiger partial charge on any atom is 0.156 e. The second-order valence-electron chi connectivity index (χ2n) is 3.47. The number of nitrogens with one attached hydrogen (secondary N) is 1. The Labute approximate surface area is 121 Å². The SMILES string of the molecule is CCOc1c(Br)cc(Cl)cc1NCCCSC. The third kappa shape index (κ3) is 4.98. The summed E-state index contributed by atoms with van der Waals surface area (Å²) in [4.78, 5) is 0. The zero-order chi connectivity index (χ0) is 12.7. The topological polar surface area (TPSA) is 21.3 Å². The van der Waals surface area contributed by atoms with Gasteiger partial charge in [-0.3, -0.25) is 0 Å². The van der Waals surface area contributed by atoms with Crippen LogP contribution in [-0.4, -0.2) is 25.2 Å². The van der Waals surface area contributed by atoms with Gasteiger partial charge in [-0.05, 0) is 53.4 Å². The molecule has 0 aromatic heterocycles. The molecule has 0 heterocycles. The summed E-state index contributed by atoms with van der Waals surface area (Å²) in [6, 6.07) is 3.75. The Balaban J connectivity index is 2.73. The first kappa shape index (κ1) is 15.0. The fraction of sp³-hybridized carbons (Fsp3) is 0.500. The van der Waals surface area contributed by atoms with E-state index in [1.807, 2.05) is 30.8 Å². The number of rotatable bonds is 7. The lowest BCUT2D eigenvalue weighted by Crippen LogP contribution is -2.05. The van der Waals surface area contributed by atoms with E-state index in [1.165, 1.54) is 0 Å². The largest absolute Gasteiger partial charge is 0.491 e. The highest BCUT2D eigenvalue weighted by molar-refractivity contribution is 9.10. The molecule has 0 saturated carbocycles. The fourth-order valence-corrected chi connectivity index (χ4v) is 2.78. The number of hydrogen-bond donors (Lipinski definition) is 1. The van der Waals surface area contributed by atoms with Crippen LogP contribution < -0.4 is 10.1 Å². The van der Waals surface area contributed by atoms with Gasteiger partial charge >= 0.3 is 0 Å². The first-order valence-electron chi connectivity index (χ1n) is 5.53. The van der Waals surface area contributed by atoms with E-state index in [9.17, 15) is 0 Å². The third-order valence-electron chi connectivity index (χ3n) is 2.14. The molecule has 96 valence electrons. The molecular weight excluding hydrogens is 322 g/mol. The molecule has 2 nitrogen and oxygen atoms in total. The highest BCUT2D eigenvalue weighted by Crippen LogP contribution is 2.36. The summed E-state index contributed by atoms with van der Waals surface area (Å²) in [7, 11) is 0. The van der Waals surface area contributed by atoms with Crippen LogP contribution in [0.1, 0.15) is 13.3 Å². The monoisotopic (exact) mass is 337 g/mol. The summed E-state index contributed by atoms with van der Waals surface area (Å²) in [6.45, 7) is 3.53. The van der Waals surface area contributed by atoms with Crippen LogP contribution in [0.5, 0.6) is 5.75 Å². The molecule has 1 aromatic rings. The van der Waals surface area contributed by atoms with E-state index in [0.29, 0.717) is 11.6 Å². The number of thioether (sulfide) groups is 1. The molecular formula is C12H17BrClNOS. The van der Waals surface area contributed by atoms with Gasteiger partial charge in [-0.1, -0.05) is 11.6 Å². The van der Waals surface area contributed by atoms with Gasteiger partial charge in [-0.15, -0.1) is 0 Å². The van der Waals surface area contributed by atoms with E-state index in [1.54, 1.807) is 0 Å². The average Bonchev–Trinajstić information content (AvgIpc) is 2.29. The Kier molecular flexibility index (Phi) is 7.16. The minimum atomic E-state index is 0.639. The van der Waals surface area contributed by atoms with Crippen LogP contribution in [0.4, 0.5) is 5.69 Å². The number of ether oxygens (including phenoxy) is 1. The minimum Gasteiger partial charge on any atom is -0.491 e. The second kappa shape index (κ2) is 8.11. The maximum absolute atomic E-state index is 6.03. The van der Waals surface area contributed by atoms with E-state index < -0.39 is 0 Å². The molecule has 0 unspecified atom stereocenters. The first-order valence-corrected chi connectivity index (χ1v) is 8.10. The van der Waals surface area contributed by atoms with Gasteiger partial charge in [0, 0.05) is 11.6 Å². The fourth-order valence-electron chi connectivity index (χ4n) is 1.42. The quantitative estimate of drug-likeness (QED) is 0.730. The van der Waals surface area contributed by atoms with Gasteiger partial charge in [0.15, 0.2) is 5.75 Å². The molecule has 1 N–H and O–H groups in total. The van der Waals surface area contributed by atoms with Gasteiger partial charge in [0.05, 0.1) is 16.8 Å². The molecule has 17 heavy (non-hydrogen) atoms. The van der Waals surface area contributed by atoms with E-state index in [2.05, 4.69) is 27.5 Å². The summed E-state index contributed by atoms with van der Waals surface area (Å²) in [6.07, 6.45) is 3.23. The van der Waals surface area contributed by atoms with Crippen molar-refractivity contribution < 1.29 is 4.74 Å². The van der Waals surface area contributed by atoms with Gasteiger partial charge in [0.25, 0.3) is 0 Å². The van der Waals surface area contributed by atoms with E-state index in [-0.39, 0.29) is 0 Å². The summed E-state index contributed by atoms with van der Waals surface area (Å²) in [5, 5.41) is 4.06. The summed E-state index contributed by atoms with van der Waals surface area (Å²) < 4.78 is 6.49. The first-order chi connectivity index (χ1) is 8.19. The van der Waals surface area contributed by atoms with Crippen LogP contribution in [0.15, 0.2) is 16.6 Å². The molecule has 0 fully saturated rings. The molecule has 1 rings (SSSR count). The zero-order valence-corrected chi connectivity index (χ0v) is 13.2. The standard InChI is InChI=1S/C12H17BrClNOS/c1-3-16-12-10(13)7-9(14)8-11(12)15-5-4-6-17-2/h7-8,15H,3-6H2,1-2H3. The molecule has 0 aliphatic rings. The van der Waals surface area contributed by atoms with Gasteiger partial charge in [-0.25, -0.2) is 0 Å². The third-order valence-corrected chi connectivity index (χ3v) is 3.64. The maximum atomic E-state index is 6.03. The smallest absolute Gasteiger partial charge is 0.156 e. The molecule has 0 atom stereocenters. The average molecular weight is 339 g/mol. The highest BCUT2D eigenvalue weighted by Gasteiger charge is 2.09. The Morgan fingerprint density at radius 1 is 1.47 bits per heavy atom. The van der Waals surface area contributed by atoms with Crippen molar-refractivity contribution in [1.29, 1.82) is 0 Å². The normalized spacial score (nSPS) is 10.4. The number of benzene rings is 1. The van der Waals surface area contributed by atoms with E-state index in [4.69, 9.17) is 16.3 Å². The highest BCUT2D eigenvalue weighted by atomic mass is 79.9. The van der Waals surface area contributed by atoms with Gasteiger partial charge < -0.3 is 10.1 Å². The number of hydrogen-bond acceptors (Lipinski definition) is 3. The Bertz CT molecular complexity index is 363. The summed E-state index contributed by atoms with van der Waals surface area (Å²) >= 11 is 11.4. The molecule has 1 aromatic carbocycles. The van der Waals surface area contributed by atoms with Crippen LogP contribution in [0, 0.1) is 0 Å². The summed E-state index contributed by atoms with van der Waals surface area (Å²) in [5.41, 5.74) is 0.951. The van der Waals surface area contributed by atoms with Crippen molar-refractivity contribution in [3.8, 4) is 5.75 Å². The van der Waals surface area contributed by atoms with E-state index in [0.717, 1.165) is 34.6 Å². The number of anilines is 1. The lowest BCUT2D eigenvalue weighted by molar-refractivity contribution is 0.339. The van der Waals surface area contributed by atoms with Gasteiger partial charge in [0.1, 0.15) is 0 Å². The Hall–Kier alpha value is -0.0600. The molecule has 0 radical (unpaired) electrons. The van der Waals surface area contributed by atoms with Crippen LogP contribution in [0.3, 0.4) is 0 Å². The Morgan fingerprint density at radius 2 is 2.24 bits per heavy atom.